The summed E-state index contributed by atoms with van der Waals surface area (Å²) >= 11 is 0. The second kappa shape index (κ2) is 10.5. The van der Waals surface area contributed by atoms with Crippen LogP contribution in [0.25, 0.3) is 5.65 Å². The average molecular weight is 442 g/mol. The van der Waals surface area contributed by atoms with Gasteiger partial charge in [-0.3, -0.25) is 14.3 Å². The molecule has 1 atom stereocenters. The predicted molar refractivity (Wildman–Crippen MR) is 120 cm³/mol. The van der Waals surface area contributed by atoms with E-state index in [0.717, 1.165) is 43.4 Å². The van der Waals surface area contributed by atoms with Crippen molar-refractivity contribution in [2.45, 2.75) is 38.8 Å². The summed E-state index contributed by atoms with van der Waals surface area (Å²) in [5.74, 6) is 0.633. The minimum atomic E-state index is -0.490. The summed E-state index contributed by atoms with van der Waals surface area (Å²) in [6.45, 7) is 5.13. The smallest absolute Gasteiger partial charge is 0.191 e. The molecule has 3 aromatic rings. The van der Waals surface area contributed by atoms with Gasteiger partial charge in [-0.25, -0.2) is 8.78 Å². The van der Waals surface area contributed by atoms with Gasteiger partial charge in [0.1, 0.15) is 17.5 Å². The average Bonchev–Trinajstić information content (AvgIpc) is 3.20. The van der Waals surface area contributed by atoms with Gasteiger partial charge in [0.05, 0.1) is 0 Å². The topological polar surface area (TPSA) is 69.8 Å². The Morgan fingerprint density at radius 1 is 1.16 bits per heavy atom. The number of hydrogen-bond acceptors (Lipinski definition) is 4. The van der Waals surface area contributed by atoms with E-state index in [1.165, 1.54) is 18.2 Å². The van der Waals surface area contributed by atoms with Crippen molar-refractivity contribution in [2.24, 2.45) is 4.99 Å². The lowest BCUT2D eigenvalue weighted by Gasteiger charge is -2.34. The van der Waals surface area contributed by atoms with Crippen LogP contribution < -0.4 is 10.6 Å². The van der Waals surface area contributed by atoms with Crippen molar-refractivity contribution < 1.29 is 8.78 Å². The van der Waals surface area contributed by atoms with E-state index in [-0.39, 0.29) is 18.2 Å². The fourth-order valence-corrected chi connectivity index (χ4v) is 4.07. The number of piperidine rings is 1. The van der Waals surface area contributed by atoms with E-state index in [1.54, 1.807) is 0 Å². The number of halogens is 2. The lowest BCUT2D eigenvalue weighted by atomic mass is 10.0. The number of aliphatic imine (C=N–C) groups is 1. The zero-order valence-corrected chi connectivity index (χ0v) is 18.3. The first-order valence-corrected chi connectivity index (χ1v) is 11.1. The summed E-state index contributed by atoms with van der Waals surface area (Å²) in [6, 6.07) is 10.00. The van der Waals surface area contributed by atoms with Crippen molar-refractivity contribution in [3.05, 3.63) is 65.6 Å². The summed E-state index contributed by atoms with van der Waals surface area (Å²) in [7, 11) is 0. The Labute approximate surface area is 186 Å². The number of guanidine groups is 1. The van der Waals surface area contributed by atoms with E-state index in [0.29, 0.717) is 19.5 Å². The number of hydrogen-bond donors (Lipinski definition) is 2. The summed E-state index contributed by atoms with van der Waals surface area (Å²) in [6.07, 6.45) is 4.56. The van der Waals surface area contributed by atoms with Gasteiger partial charge in [-0.05, 0) is 50.6 Å². The maximum atomic E-state index is 14.0. The second-order valence-corrected chi connectivity index (χ2v) is 7.97. The molecule has 4 rings (SSSR count). The van der Waals surface area contributed by atoms with Crippen LogP contribution in [0.15, 0.2) is 47.6 Å². The molecule has 0 bridgehead atoms. The molecule has 1 aliphatic rings. The summed E-state index contributed by atoms with van der Waals surface area (Å²) in [5, 5.41) is 15.2. The van der Waals surface area contributed by atoms with E-state index in [1.807, 2.05) is 35.7 Å². The molecule has 2 aromatic heterocycles. The molecule has 9 heteroatoms. The number of nitrogens with one attached hydrogen (secondary N) is 2. The molecule has 1 fully saturated rings. The fraction of sp³-hybridized carbons (Fsp3) is 0.435. The largest absolute Gasteiger partial charge is 0.357 e. The standard InChI is InChI=1S/C23H29F2N7/c1-2-26-23(27-12-11-22-30-29-21-10-3-4-14-32(21)22)28-17-7-6-13-31(15-17)16-18-19(24)8-5-9-20(18)25/h3-5,8-10,14,17H,2,6-7,11-13,15-16H2,1H3,(H2,26,27,28). The van der Waals surface area contributed by atoms with Crippen LogP contribution in [0, 0.1) is 11.6 Å². The lowest BCUT2D eigenvalue weighted by Crippen LogP contribution is -2.51. The maximum absolute atomic E-state index is 14.0. The predicted octanol–water partition coefficient (Wildman–Crippen LogP) is 2.77. The van der Waals surface area contributed by atoms with E-state index in [9.17, 15) is 8.78 Å². The van der Waals surface area contributed by atoms with Gasteiger partial charge in [0.15, 0.2) is 11.6 Å². The molecule has 2 N–H and O–H groups in total. The zero-order chi connectivity index (χ0) is 22.3. The van der Waals surface area contributed by atoms with E-state index < -0.39 is 11.6 Å². The summed E-state index contributed by atoms with van der Waals surface area (Å²) < 4.78 is 30.1. The Morgan fingerprint density at radius 3 is 2.81 bits per heavy atom. The molecule has 32 heavy (non-hydrogen) atoms. The van der Waals surface area contributed by atoms with E-state index in [2.05, 4.69) is 25.7 Å². The second-order valence-electron chi connectivity index (χ2n) is 7.97. The number of likely N-dealkylation sites (tertiary alicyclic amines) is 1. The Morgan fingerprint density at radius 2 is 2.00 bits per heavy atom. The highest BCUT2D eigenvalue weighted by atomic mass is 19.1. The van der Waals surface area contributed by atoms with Crippen molar-refractivity contribution in [3.63, 3.8) is 0 Å². The molecular weight excluding hydrogens is 412 g/mol. The van der Waals surface area contributed by atoms with Gasteiger partial charge in [-0.1, -0.05) is 12.1 Å². The molecular formula is C23H29F2N7. The maximum Gasteiger partial charge on any atom is 0.191 e. The molecule has 0 spiro atoms. The van der Waals surface area contributed by atoms with E-state index >= 15 is 0 Å². The number of nitrogens with zero attached hydrogens (tertiary/aromatic N) is 5. The molecule has 0 radical (unpaired) electrons. The Hall–Kier alpha value is -3.07. The number of aromatic nitrogens is 3. The normalized spacial score (nSPS) is 17.6. The highest BCUT2D eigenvalue weighted by Crippen LogP contribution is 2.18. The third-order valence-electron chi connectivity index (χ3n) is 5.62. The minimum absolute atomic E-state index is 0.134. The highest BCUT2D eigenvalue weighted by molar-refractivity contribution is 5.80. The quantitative estimate of drug-likeness (QED) is 0.436. The van der Waals surface area contributed by atoms with Gasteiger partial charge in [-0.2, -0.15) is 0 Å². The van der Waals surface area contributed by atoms with Crippen LogP contribution in [0.5, 0.6) is 0 Å². The number of rotatable bonds is 7. The van der Waals surface area contributed by atoms with Crippen LogP contribution in [-0.4, -0.2) is 57.7 Å². The Balaban J connectivity index is 1.35. The monoisotopic (exact) mass is 441 g/mol. The molecule has 1 aromatic carbocycles. The molecule has 1 saturated heterocycles. The van der Waals surface area contributed by atoms with Crippen LogP contribution in [-0.2, 0) is 13.0 Å². The van der Waals surface area contributed by atoms with Gasteiger partial charge >= 0.3 is 0 Å². The van der Waals surface area contributed by atoms with Crippen molar-refractivity contribution in [1.29, 1.82) is 0 Å². The van der Waals surface area contributed by atoms with Gasteiger partial charge in [0, 0.05) is 50.4 Å². The van der Waals surface area contributed by atoms with Crippen LogP contribution >= 0.6 is 0 Å². The van der Waals surface area contributed by atoms with Crippen molar-refractivity contribution >= 4 is 11.6 Å². The van der Waals surface area contributed by atoms with Gasteiger partial charge in [-0.15, -0.1) is 10.2 Å². The summed E-state index contributed by atoms with van der Waals surface area (Å²) in [5.41, 5.74) is 0.958. The van der Waals surface area contributed by atoms with Gasteiger partial charge in [0.2, 0.25) is 0 Å². The fourth-order valence-electron chi connectivity index (χ4n) is 4.07. The van der Waals surface area contributed by atoms with Crippen LogP contribution in [0.1, 0.15) is 31.2 Å². The minimum Gasteiger partial charge on any atom is -0.357 e. The van der Waals surface area contributed by atoms with Crippen LogP contribution in [0.4, 0.5) is 8.78 Å². The Bertz CT molecular complexity index is 1050. The molecule has 0 amide bonds. The van der Waals surface area contributed by atoms with Gasteiger partial charge in [0.25, 0.3) is 0 Å². The zero-order valence-electron chi connectivity index (χ0n) is 18.3. The lowest BCUT2D eigenvalue weighted by molar-refractivity contribution is 0.188. The molecule has 1 aliphatic heterocycles. The van der Waals surface area contributed by atoms with Gasteiger partial charge < -0.3 is 10.6 Å². The summed E-state index contributed by atoms with van der Waals surface area (Å²) in [4.78, 5) is 6.79. The van der Waals surface area contributed by atoms with Crippen molar-refractivity contribution in [1.82, 2.24) is 30.1 Å². The first kappa shape index (κ1) is 22.1. The van der Waals surface area contributed by atoms with E-state index in [4.69, 9.17) is 4.99 Å². The molecule has 0 saturated carbocycles. The number of pyridine rings is 1. The number of fused-ring (bicyclic) bond motifs is 1. The van der Waals surface area contributed by atoms with Crippen LogP contribution in [0.3, 0.4) is 0 Å². The SMILES string of the molecule is CCNC(=NCCc1nnc2ccccn12)NC1CCCN(Cc2c(F)cccc2F)C1. The molecule has 1 unspecified atom stereocenters. The highest BCUT2D eigenvalue weighted by Gasteiger charge is 2.22. The Kier molecular flexibility index (Phi) is 7.26. The number of benzene rings is 1. The molecule has 0 aliphatic carbocycles. The molecule has 3 heterocycles. The van der Waals surface area contributed by atoms with Crippen molar-refractivity contribution in [3.8, 4) is 0 Å². The van der Waals surface area contributed by atoms with Crippen LogP contribution in [0.2, 0.25) is 0 Å². The third-order valence-corrected chi connectivity index (χ3v) is 5.62. The first-order valence-electron chi connectivity index (χ1n) is 11.1. The first-order chi connectivity index (χ1) is 15.6. The molecule has 7 nitrogen and oxygen atoms in total. The molecule has 170 valence electrons. The third kappa shape index (κ3) is 5.40. The van der Waals surface area contributed by atoms with Crippen molar-refractivity contribution in [2.75, 3.05) is 26.2 Å².